The molecule has 1 aliphatic carbocycles. The Morgan fingerprint density at radius 1 is 1.38 bits per heavy atom. The van der Waals surface area contributed by atoms with Crippen LogP contribution in [0, 0.1) is 17.3 Å². The van der Waals surface area contributed by atoms with E-state index in [2.05, 4.69) is 0 Å². The first-order valence-electron chi connectivity index (χ1n) is 4.58. The van der Waals surface area contributed by atoms with Gasteiger partial charge in [0, 0.05) is 5.92 Å². The molecular weight excluding hydrogens is 168 g/mol. The van der Waals surface area contributed by atoms with E-state index in [0.29, 0.717) is 12.8 Å². The minimum atomic E-state index is -0.770. The van der Waals surface area contributed by atoms with Crippen molar-refractivity contribution in [2.75, 3.05) is 0 Å². The van der Waals surface area contributed by atoms with Crippen molar-refractivity contribution in [1.82, 2.24) is 0 Å². The number of carboxylic acid groups (broad SMARTS) is 1. The average molecular weight is 184 g/mol. The maximum Gasteiger partial charge on any atom is 0.307 e. The Kier molecular flexibility index (Phi) is 2.46. The fourth-order valence-corrected chi connectivity index (χ4v) is 2.21. The van der Waals surface area contributed by atoms with Gasteiger partial charge in [0.2, 0.25) is 0 Å². The van der Waals surface area contributed by atoms with Gasteiger partial charge in [-0.1, -0.05) is 13.8 Å². The van der Waals surface area contributed by atoms with Gasteiger partial charge >= 0.3 is 5.97 Å². The molecule has 0 spiro atoms. The van der Waals surface area contributed by atoms with Crippen LogP contribution < -0.4 is 0 Å². The lowest BCUT2D eigenvalue weighted by molar-refractivity contribution is -0.144. The minimum absolute atomic E-state index is 0.0453. The van der Waals surface area contributed by atoms with Crippen LogP contribution in [0.1, 0.15) is 33.6 Å². The zero-order chi connectivity index (χ0) is 10.2. The summed E-state index contributed by atoms with van der Waals surface area (Å²) in [5.41, 5.74) is -0.234. The molecule has 0 bridgehead atoms. The summed E-state index contributed by atoms with van der Waals surface area (Å²) in [6.45, 7) is 5.40. The number of carbonyl (C=O) groups excluding carboxylic acids is 1. The van der Waals surface area contributed by atoms with E-state index in [9.17, 15) is 9.59 Å². The van der Waals surface area contributed by atoms with E-state index < -0.39 is 5.97 Å². The Bertz CT molecular complexity index is 243. The van der Waals surface area contributed by atoms with Crippen LogP contribution >= 0.6 is 0 Å². The lowest BCUT2D eigenvalue weighted by Crippen LogP contribution is -2.25. The molecule has 2 atom stereocenters. The first-order chi connectivity index (χ1) is 5.84. The molecule has 3 nitrogen and oxygen atoms in total. The van der Waals surface area contributed by atoms with Crippen molar-refractivity contribution in [2.45, 2.75) is 33.6 Å². The van der Waals surface area contributed by atoms with Crippen molar-refractivity contribution in [2.24, 2.45) is 17.3 Å². The quantitative estimate of drug-likeness (QED) is 0.710. The van der Waals surface area contributed by atoms with Gasteiger partial charge in [0.05, 0.1) is 5.92 Å². The van der Waals surface area contributed by atoms with E-state index in [0.717, 1.165) is 0 Å². The van der Waals surface area contributed by atoms with E-state index in [1.165, 1.54) is 0 Å². The Morgan fingerprint density at radius 3 is 2.15 bits per heavy atom. The number of Topliss-reactive ketones (excluding diaryl/α,β-unsaturated/α-hetero) is 1. The molecule has 0 saturated heterocycles. The standard InChI is InChI=1S/C10H16O3/c1-6(11)7-4-8(9(12)13)10(2,3)5-7/h7-8H,4-5H2,1-3H3,(H,12,13). The molecule has 1 aliphatic rings. The molecule has 1 N–H and O–H groups in total. The topological polar surface area (TPSA) is 54.4 Å². The molecular formula is C10H16O3. The van der Waals surface area contributed by atoms with Crippen LogP contribution in [0.25, 0.3) is 0 Å². The van der Waals surface area contributed by atoms with Crippen molar-refractivity contribution >= 4 is 11.8 Å². The van der Waals surface area contributed by atoms with Crippen LogP contribution in [0.4, 0.5) is 0 Å². The molecule has 0 aliphatic heterocycles. The van der Waals surface area contributed by atoms with Gasteiger partial charge in [0.15, 0.2) is 0 Å². The molecule has 1 fully saturated rings. The summed E-state index contributed by atoms with van der Waals surface area (Å²) in [7, 11) is 0. The SMILES string of the molecule is CC(=O)C1CC(C(=O)O)C(C)(C)C1. The molecule has 3 heteroatoms. The normalized spacial score (nSPS) is 31.6. The summed E-state index contributed by atoms with van der Waals surface area (Å²) in [5, 5.41) is 8.94. The van der Waals surface area contributed by atoms with Crippen molar-refractivity contribution in [3.63, 3.8) is 0 Å². The molecule has 0 aromatic rings. The van der Waals surface area contributed by atoms with Crippen molar-refractivity contribution in [3.8, 4) is 0 Å². The number of rotatable bonds is 2. The third-order valence-corrected chi connectivity index (χ3v) is 3.11. The van der Waals surface area contributed by atoms with Crippen LogP contribution in [0.2, 0.25) is 0 Å². The van der Waals surface area contributed by atoms with Gasteiger partial charge in [-0.25, -0.2) is 0 Å². The number of carboxylic acids is 1. The number of aliphatic carboxylic acids is 1. The van der Waals surface area contributed by atoms with Gasteiger partial charge in [-0.2, -0.15) is 0 Å². The second kappa shape index (κ2) is 3.13. The van der Waals surface area contributed by atoms with Crippen molar-refractivity contribution in [1.29, 1.82) is 0 Å². The smallest absolute Gasteiger partial charge is 0.307 e. The van der Waals surface area contributed by atoms with Crippen LogP contribution in [0.3, 0.4) is 0 Å². The molecule has 13 heavy (non-hydrogen) atoms. The molecule has 0 aromatic carbocycles. The highest BCUT2D eigenvalue weighted by atomic mass is 16.4. The van der Waals surface area contributed by atoms with Gasteiger partial charge in [0.25, 0.3) is 0 Å². The fourth-order valence-electron chi connectivity index (χ4n) is 2.21. The Labute approximate surface area is 78.1 Å². The largest absolute Gasteiger partial charge is 0.481 e. The molecule has 0 radical (unpaired) electrons. The summed E-state index contributed by atoms with van der Waals surface area (Å²) in [4.78, 5) is 22.0. The second-order valence-electron chi connectivity index (χ2n) is 4.63. The second-order valence-corrected chi connectivity index (χ2v) is 4.63. The Morgan fingerprint density at radius 2 is 1.92 bits per heavy atom. The van der Waals surface area contributed by atoms with E-state index in [1.807, 2.05) is 13.8 Å². The number of hydrogen-bond acceptors (Lipinski definition) is 2. The molecule has 0 heterocycles. The van der Waals surface area contributed by atoms with Gasteiger partial charge in [0.1, 0.15) is 5.78 Å². The molecule has 0 amide bonds. The Hall–Kier alpha value is -0.860. The molecule has 2 unspecified atom stereocenters. The third kappa shape index (κ3) is 1.90. The Balaban J connectivity index is 2.79. The van der Waals surface area contributed by atoms with Gasteiger partial charge < -0.3 is 5.11 Å². The lowest BCUT2D eigenvalue weighted by atomic mass is 9.82. The summed E-state index contributed by atoms with van der Waals surface area (Å²) in [6, 6.07) is 0. The van der Waals surface area contributed by atoms with E-state index >= 15 is 0 Å². The lowest BCUT2D eigenvalue weighted by Gasteiger charge is -2.22. The highest BCUT2D eigenvalue weighted by Gasteiger charge is 2.45. The highest BCUT2D eigenvalue weighted by Crippen LogP contribution is 2.46. The molecule has 1 rings (SSSR count). The first-order valence-corrected chi connectivity index (χ1v) is 4.58. The monoisotopic (exact) mass is 184 g/mol. The average Bonchev–Trinajstić information content (AvgIpc) is 2.25. The number of carbonyl (C=O) groups is 2. The fraction of sp³-hybridized carbons (Fsp3) is 0.800. The maximum atomic E-state index is 11.1. The third-order valence-electron chi connectivity index (χ3n) is 3.11. The van der Waals surface area contributed by atoms with Gasteiger partial charge in [-0.15, -0.1) is 0 Å². The zero-order valence-electron chi connectivity index (χ0n) is 8.33. The number of ketones is 1. The molecule has 1 saturated carbocycles. The van der Waals surface area contributed by atoms with Crippen molar-refractivity contribution in [3.05, 3.63) is 0 Å². The highest BCUT2D eigenvalue weighted by molar-refractivity contribution is 5.81. The summed E-state index contributed by atoms with van der Waals surface area (Å²) < 4.78 is 0. The van der Waals surface area contributed by atoms with E-state index in [-0.39, 0.29) is 23.0 Å². The van der Waals surface area contributed by atoms with Crippen LogP contribution in [-0.2, 0) is 9.59 Å². The summed E-state index contributed by atoms with van der Waals surface area (Å²) in [6.07, 6.45) is 1.22. The van der Waals surface area contributed by atoms with Crippen LogP contribution in [0.5, 0.6) is 0 Å². The summed E-state index contributed by atoms with van der Waals surface area (Å²) in [5.74, 6) is -1.05. The summed E-state index contributed by atoms with van der Waals surface area (Å²) >= 11 is 0. The van der Waals surface area contributed by atoms with Crippen LogP contribution in [-0.4, -0.2) is 16.9 Å². The number of hydrogen-bond donors (Lipinski definition) is 1. The van der Waals surface area contributed by atoms with Crippen molar-refractivity contribution < 1.29 is 14.7 Å². The van der Waals surface area contributed by atoms with E-state index in [4.69, 9.17) is 5.11 Å². The van der Waals surface area contributed by atoms with E-state index in [1.54, 1.807) is 6.92 Å². The van der Waals surface area contributed by atoms with Gasteiger partial charge in [-0.3, -0.25) is 9.59 Å². The first kappa shape index (κ1) is 10.2. The predicted octanol–water partition coefficient (Wildman–Crippen LogP) is 1.71. The van der Waals surface area contributed by atoms with Crippen LogP contribution in [0.15, 0.2) is 0 Å². The molecule has 0 aromatic heterocycles. The minimum Gasteiger partial charge on any atom is -0.481 e. The predicted molar refractivity (Wildman–Crippen MR) is 48.3 cm³/mol. The van der Waals surface area contributed by atoms with Gasteiger partial charge in [-0.05, 0) is 25.2 Å². The zero-order valence-corrected chi connectivity index (χ0v) is 8.33. The molecule has 74 valence electrons. The maximum absolute atomic E-state index is 11.1.